The third kappa shape index (κ3) is 9.67. The number of hydrogen-bond donors (Lipinski definition) is 1. The molecule has 102 valence electrons. The summed E-state index contributed by atoms with van der Waals surface area (Å²) in [6.07, 6.45) is 15.2. The zero-order valence-corrected chi connectivity index (χ0v) is 11.9. The monoisotopic (exact) mass is 282 g/mol. The van der Waals surface area contributed by atoms with Crippen LogP contribution in [-0.4, -0.2) is 11.1 Å². The molecule has 0 aliphatic heterocycles. The van der Waals surface area contributed by atoms with Crippen molar-refractivity contribution in [1.29, 1.82) is 0 Å². The zero-order valence-electron chi connectivity index (χ0n) is 10.8. The third-order valence-corrected chi connectivity index (χ3v) is 3.73. The first-order valence-corrected chi connectivity index (χ1v) is 7.01. The van der Waals surface area contributed by atoms with Gasteiger partial charge < -0.3 is 5.11 Å². The van der Waals surface area contributed by atoms with Gasteiger partial charge in [0.25, 0.3) is 0 Å². The topological polar surface area (TPSA) is 37.3 Å². The Balaban J connectivity index is 0.000000360. The van der Waals surface area contributed by atoms with E-state index in [9.17, 15) is 4.79 Å². The summed E-state index contributed by atoms with van der Waals surface area (Å²) in [6.45, 7) is 0. The molecule has 0 heterocycles. The number of aliphatic carboxylic acids is 1. The van der Waals surface area contributed by atoms with Crippen molar-refractivity contribution in [3.05, 3.63) is 0 Å². The Bertz CT molecular complexity index is 177. The zero-order chi connectivity index (χ0) is 11.6. The fourth-order valence-corrected chi connectivity index (χ4v) is 2.72. The molecule has 2 fully saturated rings. The first-order valence-electron chi connectivity index (χ1n) is 7.01. The minimum absolute atomic E-state index is 0. The van der Waals surface area contributed by atoms with Crippen LogP contribution in [0.3, 0.4) is 0 Å². The van der Waals surface area contributed by atoms with Crippen LogP contribution in [0.1, 0.15) is 77.0 Å². The Hall–Kier alpha value is -0.0105. The van der Waals surface area contributed by atoms with Crippen LogP contribution >= 0.6 is 0 Å². The van der Waals surface area contributed by atoms with Gasteiger partial charge in [-0.05, 0) is 18.8 Å². The number of hydrogen-bond acceptors (Lipinski definition) is 1. The van der Waals surface area contributed by atoms with E-state index >= 15 is 0 Å². The molecule has 0 aromatic rings. The fraction of sp³-hybridized carbons (Fsp3) is 0.929. The first kappa shape index (κ1) is 17.0. The van der Waals surface area contributed by atoms with Crippen molar-refractivity contribution in [2.45, 2.75) is 77.0 Å². The van der Waals surface area contributed by atoms with Gasteiger partial charge >= 0.3 is 5.97 Å². The molecule has 2 nitrogen and oxygen atoms in total. The Morgan fingerprint density at radius 3 is 1.82 bits per heavy atom. The molecule has 0 radical (unpaired) electrons. The van der Waals surface area contributed by atoms with Gasteiger partial charge in [-0.3, -0.25) is 4.79 Å². The van der Waals surface area contributed by atoms with E-state index < -0.39 is 5.97 Å². The second-order valence-electron chi connectivity index (χ2n) is 5.20. The molecular formula is C14H26FeO2. The summed E-state index contributed by atoms with van der Waals surface area (Å²) >= 11 is 0. The van der Waals surface area contributed by atoms with Crippen LogP contribution in [0.5, 0.6) is 0 Å². The predicted octanol–water partition coefficient (Wildman–Crippen LogP) is 4.38. The molecule has 0 bridgehead atoms. The molecule has 2 aliphatic carbocycles. The van der Waals surface area contributed by atoms with Gasteiger partial charge in [-0.15, -0.1) is 0 Å². The molecule has 2 rings (SSSR count). The smallest absolute Gasteiger partial charge is 0.303 e. The largest absolute Gasteiger partial charge is 0.481 e. The van der Waals surface area contributed by atoms with Gasteiger partial charge in [0.15, 0.2) is 0 Å². The van der Waals surface area contributed by atoms with E-state index in [1.165, 1.54) is 57.8 Å². The summed E-state index contributed by atoms with van der Waals surface area (Å²) in [5.41, 5.74) is 0. The molecule has 17 heavy (non-hydrogen) atoms. The van der Waals surface area contributed by atoms with E-state index in [1.807, 2.05) is 0 Å². The molecule has 0 saturated heterocycles. The van der Waals surface area contributed by atoms with Crippen LogP contribution in [0.2, 0.25) is 0 Å². The van der Waals surface area contributed by atoms with Gasteiger partial charge in [0.2, 0.25) is 0 Å². The van der Waals surface area contributed by atoms with Crippen molar-refractivity contribution in [1.82, 2.24) is 0 Å². The second-order valence-corrected chi connectivity index (χ2v) is 5.20. The van der Waals surface area contributed by atoms with Crippen molar-refractivity contribution in [3.8, 4) is 0 Å². The first-order chi connectivity index (χ1) is 7.79. The Morgan fingerprint density at radius 2 is 1.41 bits per heavy atom. The van der Waals surface area contributed by atoms with Crippen LogP contribution in [0.4, 0.5) is 0 Å². The van der Waals surface area contributed by atoms with E-state index in [-0.39, 0.29) is 17.1 Å². The standard InChI is InChI=1S/C9H16O2.C5H10.Fe/c10-9(11)7-3-6-8-4-1-2-5-8;1-2-4-5-3-1;/h8H,1-7H2,(H,10,11);1-5H2;. The molecule has 2 saturated carbocycles. The van der Waals surface area contributed by atoms with Crippen molar-refractivity contribution in [2.75, 3.05) is 0 Å². The maximum absolute atomic E-state index is 10.2. The summed E-state index contributed by atoms with van der Waals surface area (Å²) in [6, 6.07) is 0. The number of carboxylic acid groups (broad SMARTS) is 1. The van der Waals surface area contributed by atoms with Crippen LogP contribution < -0.4 is 0 Å². The van der Waals surface area contributed by atoms with Crippen LogP contribution in [0.15, 0.2) is 0 Å². The second kappa shape index (κ2) is 11.1. The summed E-state index contributed by atoms with van der Waals surface area (Å²) in [7, 11) is 0. The quantitative estimate of drug-likeness (QED) is 0.777. The summed E-state index contributed by atoms with van der Waals surface area (Å²) in [4.78, 5) is 10.2. The van der Waals surface area contributed by atoms with E-state index in [0.717, 1.165) is 18.8 Å². The van der Waals surface area contributed by atoms with Crippen LogP contribution in [0, 0.1) is 5.92 Å². The van der Waals surface area contributed by atoms with E-state index in [0.29, 0.717) is 6.42 Å². The number of rotatable bonds is 4. The van der Waals surface area contributed by atoms with Crippen molar-refractivity contribution in [3.63, 3.8) is 0 Å². The third-order valence-electron chi connectivity index (χ3n) is 3.73. The average molecular weight is 282 g/mol. The Morgan fingerprint density at radius 1 is 0.941 bits per heavy atom. The average Bonchev–Trinajstić information content (AvgIpc) is 2.93. The normalized spacial score (nSPS) is 19.3. The molecule has 0 aromatic heterocycles. The van der Waals surface area contributed by atoms with Crippen molar-refractivity contribution in [2.24, 2.45) is 5.92 Å². The van der Waals surface area contributed by atoms with Gasteiger partial charge in [-0.25, -0.2) is 0 Å². The summed E-state index contributed by atoms with van der Waals surface area (Å²) in [5.74, 6) is 0.192. The van der Waals surface area contributed by atoms with Crippen molar-refractivity contribution < 1.29 is 27.0 Å². The molecule has 0 spiro atoms. The van der Waals surface area contributed by atoms with Gasteiger partial charge in [0.05, 0.1) is 0 Å². The van der Waals surface area contributed by atoms with E-state index in [2.05, 4.69) is 0 Å². The minimum atomic E-state index is -0.650. The molecular weight excluding hydrogens is 256 g/mol. The molecule has 0 amide bonds. The van der Waals surface area contributed by atoms with Gasteiger partial charge in [0, 0.05) is 23.5 Å². The van der Waals surface area contributed by atoms with Crippen molar-refractivity contribution >= 4 is 5.97 Å². The van der Waals surface area contributed by atoms with Crippen LogP contribution in [0.25, 0.3) is 0 Å². The molecule has 0 aromatic carbocycles. The fourth-order valence-electron chi connectivity index (χ4n) is 2.72. The summed E-state index contributed by atoms with van der Waals surface area (Å²) in [5, 5.41) is 8.39. The Labute approximate surface area is 116 Å². The molecule has 0 unspecified atom stereocenters. The minimum Gasteiger partial charge on any atom is -0.481 e. The molecule has 3 heteroatoms. The predicted molar refractivity (Wildman–Crippen MR) is 66.5 cm³/mol. The van der Waals surface area contributed by atoms with Crippen LogP contribution in [-0.2, 0) is 21.9 Å². The maximum Gasteiger partial charge on any atom is 0.303 e. The Kier molecular flexibility index (Phi) is 11.1. The molecule has 0 atom stereocenters. The number of carbonyl (C=O) groups is 1. The van der Waals surface area contributed by atoms with Gasteiger partial charge in [0.1, 0.15) is 0 Å². The number of carboxylic acids is 1. The van der Waals surface area contributed by atoms with E-state index in [4.69, 9.17) is 5.11 Å². The van der Waals surface area contributed by atoms with Gasteiger partial charge in [-0.2, -0.15) is 0 Å². The van der Waals surface area contributed by atoms with E-state index in [1.54, 1.807) is 0 Å². The molecule has 1 N–H and O–H groups in total. The molecule has 2 aliphatic rings. The SMILES string of the molecule is C1CCCC1.O=C(O)CCCC1CCCC1.[Fe]. The summed E-state index contributed by atoms with van der Waals surface area (Å²) < 4.78 is 0. The van der Waals surface area contributed by atoms with Gasteiger partial charge in [-0.1, -0.05) is 57.8 Å². The maximum atomic E-state index is 10.2.